The highest BCUT2D eigenvalue weighted by atomic mass is 32.2. The molecule has 1 aromatic carbocycles. The number of thiazole rings is 1. The molecule has 23 heavy (non-hydrogen) atoms. The van der Waals surface area contributed by atoms with Crippen LogP contribution in [-0.4, -0.2) is 44.3 Å². The van der Waals surface area contributed by atoms with E-state index in [2.05, 4.69) is 20.6 Å². The normalized spacial score (nSPS) is 18.6. The van der Waals surface area contributed by atoms with E-state index in [-0.39, 0.29) is 11.9 Å². The largest absolute Gasteiger partial charge is 0.615 e. The zero-order chi connectivity index (χ0) is 16.0. The molecular weight excluding hydrogens is 336 g/mol. The summed E-state index contributed by atoms with van der Waals surface area (Å²) in [6, 6.07) is 7.50. The Bertz CT molecular complexity index is 813. The predicted octanol–water partition coefficient (Wildman–Crippen LogP) is 1.92. The zero-order valence-corrected chi connectivity index (χ0v) is 13.7. The monoisotopic (exact) mass is 348 g/mol. The number of amides is 2. The Hall–Kier alpha value is -2.17. The number of para-hydroxylation sites is 1. The number of nitrogens with zero attached hydrogens (tertiary/aromatic N) is 5. The fourth-order valence-corrected chi connectivity index (χ4v) is 3.88. The highest BCUT2D eigenvalue weighted by molar-refractivity contribution is 7.90. The fraction of sp³-hybridized carbons (Fsp3) is 0.231. The Morgan fingerprint density at radius 2 is 2.26 bits per heavy atom. The van der Waals surface area contributed by atoms with Crippen LogP contribution in [-0.2, 0) is 11.2 Å². The molecule has 3 heterocycles. The van der Waals surface area contributed by atoms with Crippen molar-refractivity contribution in [2.75, 3.05) is 18.8 Å². The molecule has 10 heteroatoms. The zero-order valence-electron chi connectivity index (χ0n) is 12.1. The Balaban J connectivity index is 1.72. The van der Waals surface area contributed by atoms with Crippen LogP contribution < -0.4 is 5.32 Å². The number of hydrogen-bond donors (Lipinski definition) is 1. The third-order valence-electron chi connectivity index (χ3n) is 3.40. The van der Waals surface area contributed by atoms with Crippen LogP contribution in [0.1, 0.15) is 5.01 Å². The van der Waals surface area contributed by atoms with Gasteiger partial charge in [0.1, 0.15) is 10.7 Å². The minimum absolute atomic E-state index is 0.0303. The highest BCUT2D eigenvalue weighted by Gasteiger charge is 2.37. The maximum atomic E-state index is 12.4. The average Bonchev–Trinajstić information content (AvgIpc) is 3.13. The third-order valence-corrected chi connectivity index (χ3v) is 5.07. The van der Waals surface area contributed by atoms with Gasteiger partial charge in [-0.05, 0) is 23.3 Å². The van der Waals surface area contributed by atoms with Crippen LogP contribution in [0.15, 0.2) is 40.4 Å². The van der Waals surface area contributed by atoms with Crippen molar-refractivity contribution < 1.29 is 9.35 Å². The number of urea groups is 1. The summed E-state index contributed by atoms with van der Waals surface area (Å²) in [6.07, 6.45) is 1.52. The maximum Gasteiger partial charge on any atom is 0.353 e. The predicted molar refractivity (Wildman–Crippen MR) is 87.4 cm³/mol. The highest BCUT2D eigenvalue weighted by Crippen LogP contribution is 2.33. The van der Waals surface area contributed by atoms with Gasteiger partial charge in [-0.3, -0.25) is 4.90 Å². The van der Waals surface area contributed by atoms with Crippen molar-refractivity contribution in [3.63, 3.8) is 0 Å². The summed E-state index contributed by atoms with van der Waals surface area (Å²) < 4.78 is 12.4. The van der Waals surface area contributed by atoms with Gasteiger partial charge >= 0.3 is 6.03 Å². The van der Waals surface area contributed by atoms with Gasteiger partial charge in [0.15, 0.2) is 5.82 Å². The molecule has 4 rings (SSSR count). The molecule has 118 valence electrons. The van der Waals surface area contributed by atoms with Gasteiger partial charge in [0.2, 0.25) is 5.88 Å². The van der Waals surface area contributed by atoms with Crippen molar-refractivity contribution in [1.82, 2.24) is 20.2 Å². The molecule has 0 spiro atoms. The van der Waals surface area contributed by atoms with E-state index in [1.807, 2.05) is 24.3 Å². The van der Waals surface area contributed by atoms with Gasteiger partial charge < -0.3 is 9.87 Å². The van der Waals surface area contributed by atoms with Gasteiger partial charge in [0, 0.05) is 0 Å². The first-order valence-corrected chi connectivity index (χ1v) is 9.32. The summed E-state index contributed by atoms with van der Waals surface area (Å²) in [5.74, 6) is 0.481. The van der Waals surface area contributed by atoms with Gasteiger partial charge in [-0.25, -0.2) is 9.78 Å². The first-order valence-electron chi connectivity index (χ1n) is 6.78. The van der Waals surface area contributed by atoms with Crippen molar-refractivity contribution in [3.05, 3.63) is 35.1 Å². The van der Waals surface area contributed by atoms with Crippen molar-refractivity contribution in [1.29, 1.82) is 0 Å². The Labute approximate surface area is 138 Å². The van der Waals surface area contributed by atoms with E-state index in [0.717, 1.165) is 20.2 Å². The van der Waals surface area contributed by atoms with Crippen molar-refractivity contribution in [2.24, 2.45) is 10.3 Å². The Morgan fingerprint density at radius 3 is 3.04 bits per heavy atom. The summed E-state index contributed by atoms with van der Waals surface area (Å²) in [4.78, 5) is 18.4. The number of hydrogen-bond acceptors (Lipinski definition) is 7. The van der Waals surface area contributed by atoms with E-state index in [0.29, 0.717) is 18.2 Å². The second kappa shape index (κ2) is 5.48. The smallest absolute Gasteiger partial charge is 0.353 e. The van der Waals surface area contributed by atoms with Gasteiger partial charge in [-0.2, -0.15) is 0 Å². The third kappa shape index (κ3) is 2.44. The lowest BCUT2D eigenvalue weighted by atomic mass is 10.3. The molecule has 0 aliphatic carbocycles. The summed E-state index contributed by atoms with van der Waals surface area (Å²) >= 11 is 0.361. The quantitative estimate of drug-likeness (QED) is 0.857. The van der Waals surface area contributed by atoms with Crippen LogP contribution >= 0.6 is 11.3 Å². The van der Waals surface area contributed by atoms with Crippen LogP contribution in [0.25, 0.3) is 15.9 Å². The van der Waals surface area contributed by atoms with Gasteiger partial charge in [-0.1, -0.05) is 17.4 Å². The number of benzene rings is 1. The number of rotatable bonds is 3. The first kappa shape index (κ1) is 14.4. The molecule has 1 atom stereocenters. The molecule has 0 radical (unpaired) electrons. The van der Waals surface area contributed by atoms with Gasteiger partial charge in [-0.15, -0.1) is 21.5 Å². The maximum absolute atomic E-state index is 12.4. The molecule has 1 aromatic heterocycles. The van der Waals surface area contributed by atoms with E-state index < -0.39 is 11.2 Å². The summed E-state index contributed by atoms with van der Waals surface area (Å²) in [7, 11) is 0. The average molecular weight is 348 g/mol. The number of fused-ring (bicyclic) bond motifs is 2. The Kier molecular flexibility index (Phi) is 3.43. The van der Waals surface area contributed by atoms with Crippen LogP contribution in [0.5, 0.6) is 0 Å². The van der Waals surface area contributed by atoms with Crippen molar-refractivity contribution in [2.45, 2.75) is 0 Å². The summed E-state index contributed by atoms with van der Waals surface area (Å²) in [5, 5.41) is 13.0. The molecule has 0 saturated carbocycles. The molecule has 2 aliphatic rings. The lowest BCUT2D eigenvalue weighted by Crippen LogP contribution is -2.43. The summed E-state index contributed by atoms with van der Waals surface area (Å²) in [5.41, 5.74) is 1.60. The first-order chi connectivity index (χ1) is 11.1. The minimum atomic E-state index is -1.17. The second-order valence-corrected chi connectivity index (χ2v) is 7.46. The van der Waals surface area contributed by atoms with Crippen LogP contribution in [0.2, 0.25) is 0 Å². The van der Waals surface area contributed by atoms with E-state index in [1.54, 1.807) is 0 Å². The van der Waals surface area contributed by atoms with Crippen molar-refractivity contribution >= 4 is 44.5 Å². The second-order valence-electron chi connectivity index (χ2n) is 5.02. The van der Waals surface area contributed by atoms with Crippen LogP contribution in [0.4, 0.5) is 4.79 Å². The molecule has 2 amide bonds. The lowest BCUT2D eigenvalue weighted by molar-refractivity contribution is 0.161. The lowest BCUT2D eigenvalue weighted by Gasteiger charge is -2.25. The van der Waals surface area contributed by atoms with E-state index in [4.69, 9.17) is 0 Å². The van der Waals surface area contributed by atoms with Crippen molar-refractivity contribution in [3.8, 4) is 0 Å². The standard InChI is InChI=1S/C13H12N6O2S2/c1-23(21)7-19-13(20)18-6-14-10(11(18)16-17-19)12-15-8-4-2-3-5-9(8)22-12/h2-5,14H,6-7H2,1H3. The van der Waals surface area contributed by atoms with E-state index in [9.17, 15) is 9.35 Å². The van der Waals surface area contributed by atoms with Gasteiger partial charge in [0.05, 0.1) is 23.1 Å². The van der Waals surface area contributed by atoms with Crippen LogP contribution in [0.3, 0.4) is 0 Å². The molecule has 1 unspecified atom stereocenters. The molecule has 0 saturated heterocycles. The molecule has 8 nitrogen and oxygen atoms in total. The molecule has 2 aromatic rings. The molecule has 0 bridgehead atoms. The molecule has 1 N–H and O–H groups in total. The van der Waals surface area contributed by atoms with E-state index in [1.165, 1.54) is 22.5 Å². The number of nitrogens with one attached hydrogen (secondary N) is 1. The SMILES string of the molecule is C[S+]([O-])CN1N=NC2=C(c3nc4ccccc4s3)NCN2C1=O. The fourth-order valence-electron chi connectivity index (χ4n) is 2.39. The summed E-state index contributed by atoms with van der Waals surface area (Å²) in [6.45, 7) is 0.297. The van der Waals surface area contributed by atoms with Crippen LogP contribution in [0, 0.1) is 0 Å². The molecular formula is C13H12N6O2S2. The molecule has 2 aliphatic heterocycles. The number of aromatic nitrogens is 1. The molecule has 0 fully saturated rings. The number of carbonyl (C=O) groups is 1. The van der Waals surface area contributed by atoms with E-state index >= 15 is 0 Å². The topological polar surface area (TPSA) is 96.2 Å². The minimum Gasteiger partial charge on any atom is -0.615 e. The Morgan fingerprint density at radius 1 is 1.43 bits per heavy atom. The van der Waals surface area contributed by atoms with Gasteiger partial charge in [0.25, 0.3) is 0 Å². The number of carbonyl (C=O) groups excluding carboxylic acids is 1.